The maximum absolute atomic E-state index is 12.8. The molecule has 2 aromatic rings. The summed E-state index contributed by atoms with van der Waals surface area (Å²) >= 11 is 0.234. The van der Waals surface area contributed by atoms with Crippen molar-refractivity contribution >= 4 is 23.2 Å². The van der Waals surface area contributed by atoms with Crippen molar-refractivity contribution in [2.45, 2.75) is 24.4 Å². The molecular formula is C20H19F3O3S. The van der Waals surface area contributed by atoms with Gasteiger partial charge in [-0.3, -0.25) is 4.79 Å². The Balaban J connectivity index is 2.42. The first-order valence-corrected chi connectivity index (χ1v) is 9.20. The maximum atomic E-state index is 12.8. The molecule has 0 radical (unpaired) electrons. The lowest BCUT2D eigenvalue weighted by molar-refractivity contribution is -0.115. The van der Waals surface area contributed by atoms with Crippen molar-refractivity contribution in [3.8, 4) is 5.75 Å². The van der Waals surface area contributed by atoms with Crippen molar-refractivity contribution < 1.29 is 27.5 Å². The smallest absolute Gasteiger partial charge is 0.398 e. The highest BCUT2D eigenvalue weighted by atomic mass is 32.2. The average molecular weight is 396 g/mol. The Morgan fingerprint density at radius 3 is 2.22 bits per heavy atom. The van der Waals surface area contributed by atoms with E-state index in [0.717, 1.165) is 5.56 Å². The van der Waals surface area contributed by atoms with E-state index in [1.807, 2.05) is 0 Å². The predicted octanol–water partition coefficient (Wildman–Crippen LogP) is 4.97. The van der Waals surface area contributed by atoms with E-state index < -0.39 is 28.9 Å². The fraction of sp³-hybridized carbons (Fsp3) is 0.300. The van der Waals surface area contributed by atoms with Crippen molar-refractivity contribution in [2.24, 2.45) is 0 Å². The molecule has 7 heteroatoms. The van der Waals surface area contributed by atoms with Crippen LogP contribution in [0.1, 0.15) is 29.4 Å². The van der Waals surface area contributed by atoms with Gasteiger partial charge in [0.15, 0.2) is 5.12 Å². The largest absolute Gasteiger partial charge is 0.497 e. The number of benzene rings is 2. The summed E-state index contributed by atoms with van der Waals surface area (Å²) in [6.45, 7) is 0. The highest BCUT2D eigenvalue weighted by molar-refractivity contribution is 8.13. The lowest BCUT2D eigenvalue weighted by Gasteiger charge is -2.25. The van der Waals surface area contributed by atoms with Crippen molar-refractivity contribution in [3.63, 3.8) is 0 Å². The summed E-state index contributed by atoms with van der Waals surface area (Å²) < 4.78 is 42.9. The highest BCUT2D eigenvalue weighted by Gasteiger charge is 2.35. The Kier molecular flexibility index (Phi) is 7.47. The van der Waals surface area contributed by atoms with Crippen LogP contribution < -0.4 is 4.74 Å². The molecule has 0 bridgehead atoms. The number of thioether (sulfide) groups is 1. The molecule has 0 unspecified atom stereocenters. The molecule has 2 rings (SSSR count). The number of carbonyl (C=O) groups excluding carboxylic acids is 2. The maximum Gasteiger partial charge on any atom is 0.398 e. The van der Waals surface area contributed by atoms with Crippen LogP contribution in [0.15, 0.2) is 54.6 Å². The summed E-state index contributed by atoms with van der Waals surface area (Å²) in [5, 5.41) is -0.617. The van der Waals surface area contributed by atoms with Gasteiger partial charge in [-0.15, -0.1) is 0 Å². The molecule has 0 saturated carbocycles. The van der Waals surface area contributed by atoms with Crippen LogP contribution in [-0.2, 0) is 9.59 Å². The molecule has 0 spiro atoms. The number of halogens is 3. The number of alkyl halides is 3. The van der Waals surface area contributed by atoms with Gasteiger partial charge in [0.2, 0.25) is 0 Å². The van der Waals surface area contributed by atoms with Crippen molar-refractivity contribution in [3.05, 3.63) is 65.7 Å². The number of ether oxygens (including phenoxy) is 1. The van der Waals surface area contributed by atoms with E-state index in [9.17, 15) is 22.8 Å². The lowest BCUT2D eigenvalue weighted by atomic mass is 9.80. The van der Waals surface area contributed by atoms with E-state index in [-0.39, 0.29) is 18.2 Å². The molecule has 0 saturated heterocycles. The lowest BCUT2D eigenvalue weighted by Crippen LogP contribution is -2.22. The molecule has 0 aliphatic heterocycles. The van der Waals surface area contributed by atoms with Gasteiger partial charge < -0.3 is 9.53 Å². The van der Waals surface area contributed by atoms with Crippen LogP contribution in [0.3, 0.4) is 0 Å². The monoisotopic (exact) mass is 396 g/mol. The molecule has 2 aromatic carbocycles. The Hall–Kier alpha value is -2.28. The van der Waals surface area contributed by atoms with Crippen LogP contribution in [-0.4, -0.2) is 30.4 Å². The molecule has 27 heavy (non-hydrogen) atoms. The Bertz CT molecular complexity index is 745. The normalized spacial score (nSPS) is 13.6. The van der Waals surface area contributed by atoms with Crippen molar-refractivity contribution in [2.75, 3.05) is 12.9 Å². The molecule has 0 aromatic heterocycles. The number of rotatable bonds is 8. The standard InChI is InChI=1S/C20H19F3O3S/c1-26-16-9-7-15(8-10-16)18(19(25)27-13-20(21,22)23)17(11-12-24)14-5-3-2-4-6-14/h2-10,12,17-18H,11,13H2,1H3/t17-,18+/m0/s1. The summed E-state index contributed by atoms with van der Waals surface area (Å²) in [5.41, 5.74) is 1.28. The predicted molar refractivity (Wildman–Crippen MR) is 99.1 cm³/mol. The molecule has 0 fully saturated rings. The molecule has 2 atom stereocenters. The zero-order chi connectivity index (χ0) is 19.9. The molecular weight excluding hydrogens is 377 g/mol. The second kappa shape index (κ2) is 9.60. The zero-order valence-electron chi connectivity index (χ0n) is 14.6. The fourth-order valence-electron chi connectivity index (χ4n) is 2.86. The third kappa shape index (κ3) is 6.13. The Labute approximate surface area is 159 Å². The minimum Gasteiger partial charge on any atom is -0.497 e. The number of hydrogen-bond acceptors (Lipinski definition) is 4. The molecule has 0 heterocycles. The average Bonchev–Trinajstić information content (AvgIpc) is 2.66. The molecule has 0 N–H and O–H groups in total. The minimum atomic E-state index is -4.45. The van der Waals surface area contributed by atoms with Gasteiger partial charge in [-0.25, -0.2) is 0 Å². The Morgan fingerprint density at radius 1 is 1.07 bits per heavy atom. The van der Waals surface area contributed by atoms with Gasteiger partial charge in [0.25, 0.3) is 0 Å². The number of methoxy groups -OCH3 is 1. The zero-order valence-corrected chi connectivity index (χ0v) is 15.4. The van der Waals surface area contributed by atoms with Crippen LogP contribution in [0.2, 0.25) is 0 Å². The van der Waals surface area contributed by atoms with E-state index in [1.54, 1.807) is 54.6 Å². The topological polar surface area (TPSA) is 43.4 Å². The molecule has 144 valence electrons. The summed E-state index contributed by atoms with van der Waals surface area (Å²) in [4.78, 5) is 24.0. The van der Waals surface area contributed by atoms with E-state index in [4.69, 9.17) is 4.74 Å². The van der Waals surface area contributed by atoms with Crippen LogP contribution in [0, 0.1) is 0 Å². The summed E-state index contributed by atoms with van der Waals surface area (Å²) in [6, 6.07) is 15.5. The van der Waals surface area contributed by atoms with E-state index in [1.165, 1.54) is 7.11 Å². The van der Waals surface area contributed by atoms with Gasteiger partial charge in [-0.05, 0) is 23.3 Å². The first-order valence-electron chi connectivity index (χ1n) is 8.21. The molecule has 0 aliphatic carbocycles. The summed E-state index contributed by atoms with van der Waals surface area (Å²) in [5.74, 6) is -2.12. The van der Waals surface area contributed by atoms with E-state index in [2.05, 4.69) is 0 Å². The number of carbonyl (C=O) groups is 2. The molecule has 0 aliphatic rings. The molecule has 3 nitrogen and oxygen atoms in total. The van der Waals surface area contributed by atoms with Gasteiger partial charge in [0, 0.05) is 12.3 Å². The van der Waals surface area contributed by atoms with E-state index >= 15 is 0 Å². The third-order valence-electron chi connectivity index (χ3n) is 4.09. The Morgan fingerprint density at radius 2 is 1.70 bits per heavy atom. The SMILES string of the molecule is COc1ccc([C@@H](C(=O)SCC(F)(F)F)[C@@H](CC=O)c2ccccc2)cc1. The fourth-order valence-corrected chi connectivity index (χ4v) is 3.64. The number of aldehydes is 1. The highest BCUT2D eigenvalue weighted by Crippen LogP contribution is 2.40. The van der Waals surface area contributed by atoms with Crippen LogP contribution in [0.4, 0.5) is 13.2 Å². The first kappa shape index (κ1) is 21.0. The van der Waals surface area contributed by atoms with Gasteiger partial charge in [0.1, 0.15) is 12.0 Å². The van der Waals surface area contributed by atoms with Crippen LogP contribution in [0.25, 0.3) is 0 Å². The number of hydrogen-bond donors (Lipinski definition) is 0. The van der Waals surface area contributed by atoms with Gasteiger partial charge in [-0.1, -0.05) is 54.2 Å². The van der Waals surface area contributed by atoms with Gasteiger partial charge >= 0.3 is 6.18 Å². The van der Waals surface area contributed by atoms with E-state index in [0.29, 0.717) is 17.6 Å². The van der Waals surface area contributed by atoms with Gasteiger partial charge in [0.05, 0.1) is 18.8 Å². The quantitative estimate of drug-likeness (QED) is 0.591. The second-order valence-corrected chi connectivity index (χ2v) is 6.87. The summed E-state index contributed by atoms with van der Waals surface area (Å²) in [7, 11) is 1.50. The minimum absolute atomic E-state index is 0.0268. The van der Waals surface area contributed by atoms with Crippen molar-refractivity contribution in [1.29, 1.82) is 0 Å². The molecule has 0 amide bonds. The first-order chi connectivity index (χ1) is 12.9. The van der Waals surface area contributed by atoms with Crippen LogP contribution >= 0.6 is 11.8 Å². The van der Waals surface area contributed by atoms with Crippen molar-refractivity contribution in [1.82, 2.24) is 0 Å². The van der Waals surface area contributed by atoms with Gasteiger partial charge in [-0.2, -0.15) is 13.2 Å². The summed E-state index contributed by atoms with van der Waals surface area (Å²) in [6.07, 6.45) is -3.73. The van der Waals surface area contributed by atoms with Crippen LogP contribution in [0.5, 0.6) is 5.75 Å². The third-order valence-corrected chi connectivity index (χ3v) is 5.10. The second-order valence-electron chi connectivity index (χ2n) is 5.89.